The summed E-state index contributed by atoms with van der Waals surface area (Å²) in [6.07, 6.45) is 0. The third-order valence-corrected chi connectivity index (χ3v) is 4.36. The van der Waals surface area contributed by atoms with Gasteiger partial charge in [0, 0.05) is 21.7 Å². The number of nitrogens with two attached hydrogens (primary N) is 1. The van der Waals surface area contributed by atoms with Gasteiger partial charge in [-0.15, -0.1) is 11.8 Å². The van der Waals surface area contributed by atoms with Crippen LogP contribution in [0.3, 0.4) is 0 Å². The Morgan fingerprint density at radius 3 is 2.63 bits per heavy atom. The Morgan fingerprint density at radius 2 is 1.95 bits per heavy atom. The molecule has 0 aliphatic heterocycles. The molecule has 2 rings (SSSR count). The predicted molar refractivity (Wildman–Crippen MR) is 80.0 cm³/mol. The van der Waals surface area contributed by atoms with Crippen LogP contribution in [-0.2, 0) is 5.75 Å². The van der Waals surface area contributed by atoms with Gasteiger partial charge in [0.15, 0.2) is 0 Å². The van der Waals surface area contributed by atoms with Crippen molar-refractivity contribution in [2.45, 2.75) is 23.6 Å². The molecule has 0 aliphatic rings. The van der Waals surface area contributed by atoms with Gasteiger partial charge in [-0.3, -0.25) is 0 Å². The summed E-state index contributed by atoms with van der Waals surface area (Å²) >= 11 is 7.53. The second kappa shape index (κ2) is 6.42. The lowest BCUT2D eigenvalue weighted by molar-refractivity contribution is 0.591. The highest BCUT2D eigenvalue weighted by Gasteiger charge is 2.12. The molecule has 2 aromatic rings. The molecule has 0 fully saturated rings. The number of halogens is 2. The van der Waals surface area contributed by atoms with Crippen molar-refractivity contribution in [2.75, 3.05) is 0 Å². The maximum atomic E-state index is 13.9. The Balaban J connectivity index is 2.22. The minimum Gasteiger partial charge on any atom is -0.324 e. The van der Waals surface area contributed by atoms with E-state index in [2.05, 4.69) is 0 Å². The normalized spacial score (nSPS) is 12.4. The summed E-state index contributed by atoms with van der Waals surface area (Å²) in [6.45, 7) is 1.86. The number of hydrogen-bond acceptors (Lipinski definition) is 2. The van der Waals surface area contributed by atoms with Crippen LogP contribution in [0.4, 0.5) is 4.39 Å². The molecule has 0 bridgehead atoms. The Bertz CT molecular complexity index is 572. The molecule has 4 heteroatoms. The summed E-state index contributed by atoms with van der Waals surface area (Å²) in [7, 11) is 0. The second-order valence-corrected chi connectivity index (χ2v) is 5.72. The lowest BCUT2D eigenvalue weighted by Crippen LogP contribution is -2.07. The van der Waals surface area contributed by atoms with Crippen molar-refractivity contribution in [3.8, 4) is 0 Å². The van der Waals surface area contributed by atoms with Crippen LogP contribution in [0.1, 0.15) is 24.1 Å². The molecule has 0 radical (unpaired) electrons. The average molecular weight is 296 g/mol. The molecular formula is C15H15ClFNS. The number of benzene rings is 2. The van der Waals surface area contributed by atoms with Gasteiger partial charge in [0.1, 0.15) is 5.82 Å². The lowest BCUT2D eigenvalue weighted by Gasteiger charge is -2.13. The molecule has 0 saturated heterocycles. The maximum Gasteiger partial charge on any atom is 0.137 e. The first-order chi connectivity index (χ1) is 9.09. The first kappa shape index (κ1) is 14.4. The molecule has 1 atom stereocenters. The molecule has 100 valence electrons. The van der Waals surface area contributed by atoms with Gasteiger partial charge in [0.25, 0.3) is 0 Å². The zero-order valence-electron chi connectivity index (χ0n) is 10.6. The van der Waals surface area contributed by atoms with E-state index in [9.17, 15) is 4.39 Å². The standard InChI is InChI=1S/C15H15ClFNS/c1-10(18)12-6-4-8-14(17)15(12)19-9-11-5-2-3-7-13(11)16/h2-8,10H,9,18H2,1H3/t10-/m0/s1. The smallest absolute Gasteiger partial charge is 0.137 e. The van der Waals surface area contributed by atoms with Crippen LogP contribution in [0.15, 0.2) is 47.4 Å². The average Bonchev–Trinajstić information content (AvgIpc) is 2.38. The zero-order valence-corrected chi connectivity index (χ0v) is 12.1. The molecule has 0 spiro atoms. The Morgan fingerprint density at radius 1 is 1.21 bits per heavy atom. The molecule has 19 heavy (non-hydrogen) atoms. The van der Waals surface area contributed by atoms with E-state index in [1.165, 1.54) is 17.8 Å². The van der Waals surface area contributed by atoms with Crippen molar-refractivity contribution in [1.29, 1.82) is 0 Å². The summed E-state index contributed by atoms with van der Waals surface area (Å²) in [5.41, 5.74) is 7.70. The van der Waals surface area contributed by atoms with Gasteiger partial charge in [-0.25, -0.2) is 4.39 Å². The molecule has 2 N–H and O–H groups in total. The van der Waals surface area contributed by atoms with Crippen molar-refractivity contribution in [2.24, 2.45) is 5.73 Å². The van der Waals surface area contributed by atoms with E-state index >= 15 is 0 Å². The highest BCUT2D eigenvalue weighted by atomic mass is 35.5. The van der Waals surface area contributed by atoms with E-state index < -0.39 is 0 Å². The van der Waals surface area contributed by atoms with Crippen molar-refractivity contribution in [1.82, 2.24) is 0 Å². The first-order valence-corrected chi connectivity index (χ1v) is 7.36. The molecule has 1 nitrogen and oxygen atoms in total. The third-order valence-electron chi connectivity index (χ3n) is 2.82. The topological polar surface area (TPSA) is 26.0 Å². The van der Waals surface area contributed by atoms with Gasteiger partial charge in [-0.05, 0) is 30.2 Å². The first-order valence-electron chi connectivity index (χ1n) is 6.00. The number of thioether (sulfide) groups is 1. The van der Waals surface area contributed by atoms with E-state index in [0.29, 0.717) is 15.7 Å². The van der Waals surface area contributed by atoms with E-state index in [1.54, 1.807) is 6.07 Å². The monoisotopic (exact) mass is 295 g/mol. The summed E-state index contributed by atoms with van der Waals surface area (Å²) in [4.78, 5) is 0.609. The van der Waals surface area contributed by atoms with Crippen LogP contribution in [0.5, 0.6) is 0 Å². The Labute approximate surface area is 122 Å². The molecule has 0 aliphatic carbocycles. The van der Waals surface area contributed by atoms with Gasteiger partial charge < -0.3 is 5.73 Å². The largest absolute Gasteiger partial charge is 0.324 e. The van der Waals surface area contributed by atoms with Crippen molar-refractivity contribution >= 4 is 23.4 Å². The molecule has 2 aromatic carbocycles. The van der Waals surface area contributed by atoms with E-state index in [-0.39, 0.29) is 11.9 Å². The molecule has 0 aromatic heterocycles. The fraction of sp³-hybridized carbons (Fsp3) is 0.200. The van der Waals surface area contributed by atoms with Crippen molar-refractivity contribution < 1.29 is 4.39 Å². The van der Waals surface area contributed by atoms with Crippen molar-refractivity contribution in [3.05, 3.63) is 64.4 Å². The van der Waals surface area contributed by atoms with Gasteiger partial charge in [-0.1, -0.05) is 41.9 Å². The third kappa shape index (κ3) is 3.50. The molecule has 0 saturated carbocycles. The SMILES string of the molecule is C[C@H](N)c1cccc(F)c1SCc1ccccc1Cl. The highest BCUT2D eigenvalue weighted by Crippen LogP contribution is 2.33. The van der Waals surface area contributed by atoms with Gasteiger partial charge in [-0.2, -0.15) is 0 Å². The zero-order chi connectivity index (χ0) is 13.8. The summed E-state index contributed by atoms with van der Waals surface area (Å²) < 4.78 is 13.9. The minimum absolute atomic E-state index is 0.190. The number of rotatable bonds is 4. The fourth-order valence-electron chi connectivity index (χ4n) is 1.80. The molecule has 0 amide bonds. The molecular weight excluding hydrogens is 281 g/mol. The molecule has 0 unspecified atom stereocenters. The highest BCUT2D eigenvalue weighted by molar-refractivity contribution is 7.98. The fourth-order valence-corrected chi connectivity index (χ4v) is 3.26. The van der Waals surface area contributed by atoms with Crippen LogP contribution in [0.25, 0.3) is 0 Å². The van der Waals surface area contributed by atoms with Crippen LogP contribution >= 0.6 is 23.4 Å². The van der Waals surface area contributed by atoms with Gasteiger partial charge >= 0.3 is 0 Å². The lowest BCUT2D eigenvalue weighted by atomic mass is 10.1. The Kier molecular flexibility index (Phi) is 4.86. The maximum absolute atomic E-state index is 13.9. The van der Waals surface area contributed by atoms with Crippen molar-refractivity contribution in [3.63, 3.8) is 0 Å². The number of hydrogen-bond donors (Lipinski definition) is 1. The van der Waals surface area contributed by atoms with E-state index in [1.807, 2.05) is 37.3 Å². The van der Waals surface area contributed by atoms with Gasteiger partial charge in [0.2, 0.25) is 0 Å². The second-order valence-electron chi connectivity index (χ2n) is 4.33. The van der Waals surface area contributed by atoms with Gasteiger partial charge in [0.05, 0.1) is 0 Å². The quantitative estimate of drug-likeness (QED) is 0.821. The van der Waals surface area contributed by atoms with E-state index in [4.69, 9.17) is 17.3 Å². The van der Waals surface area contributed by atoms with E-state index in [0.717, 1.165) is 11.1 Å². The minimum atomic E-state index is -0.230. The summed E-state index contributed by atoms with van der Waals surface area (Å²) in [5.74, 6) is 0.396. The molecule has 0 heterocycles. The van der Waals surface area contributed by atoms with Crippen LogP contribution in [0.2, 0.25) is 5.02 Å². The van der Waals surface area contributed by atoms with Crippen LogP contribution in [-0.4, -0.2) is 0 Å². The summed E-state index contributed by atoms with van der Waals surface area (Å²) in [5, 5.41) is 0.702. The summed E-state index contributed by atoms with van der Waals surface area (Å²) in [6, 6.07) is 12.4. The van der Waals surface area contributed by atoms with Crippen LogP contribution in [0, 0.1) is 5.82 Å². The Hall–Kier alpha value is -1.03. The van der Waals surface area contributed by atoms with Crippen LogP contribution < -0.4 is 5.73 Å². The predicted octanol–water partition coefficient (Wildman–Crippen LogP) is 4.79.